The van der Waals surface area contributed by atoms with Crippen molar-refractivity contribution < 1.29 is 9.84 Å². The largest absolute Gasteiger partial charge is 0.385 e. The van der Waals surface area contributed by atoms with Gasteiger partial charge in [-0.15, -0.1) is 0 Å². The van der Waals surface area contributed by atoms with Crippen molar-refractivity contribution >= 4 is 0 Å². The Bertz CT molecular complexity index is 277. The summed E-state index contributed by atoms with van der Waals surface area (Å²) < 4.78 is 5.62. The molecule has 1 atom stereocenters. The van der Waals surface area contributed by atoms with Gasteiger partial charge < -0.3 is 15.6 Å². The van der Waals surface area contributed by atoms with Crippen LogP contribution in [0.3, 0.4) is 0 Å². The lowest BCUT2D eigenvalue weighted by Crippen LogP contribution is -2.70. The molecule has 0 aromatic heterocycles. The summed E-state index contributed by atoms with van der Waals surface area (Å²) in [5.74, 6) is 0. The fraction of sp³-hybridized carbons (Fsp3) is 1.00. The molecule has 2 rings (SSSR count). The van der Waals surface area contributed by atoms with Crippen LogP contribution in [0.4, 0.5) is 0 Å². The van der Waals surface area contributed by atoms with Crippen LogP contribution in [0.2, 0.25) is 0 Å². The highest BCUT2D eigenvalue weighted by Crippen LogP contribution is 2.55. The van der Waals surface area contributed by atoms with Crippen molar-refractivity contribution in [2.45, 2.75) is 63.7 Å². The van der Waals surface area contributed by atoms with Gasteiger partial charge in [-0.2, -0.15) is 0 Å². The summed E-state index contributed by atoms with van der Waals surface area (Å²) in [5, 5.41) is 10.6. The number of aliphatic hydroxyl groups is 1. The van der Waals surface area contributed by atoms with Gasteiger partial charge in [0.1, 0.15) is 5.60 Å². The highest BCUT2D eigenvalue weighted by Gasteiger charge is 2.62. The molecule has 1 aliphatic carbocycles. The summed E-state index contributed by atoms with van der Waals surface area (Å²) in [7, 11) is 0. The first-order valence-electron chi connectivity index (χ1n) is 5.73. The smallest absolute Gasteiger partial charge is 0.109 e. The van der Waals surface area contributed by atoms with Crippen molar-refractivity contribution in [2.75, 3.05) is 6.61 Å². The zero-order valence-electron chi connectivity index (χ0n) is 10.3. The van der Waals surface area contributed by atoms with Crippen LogP contribution in [0.25, 0.3) is 0 Å². The molecule has 2 fully saturated rings. The average Bonchev–Trinajstić information content (AvgIpc) is 2.22. The summed E-state index contributed by atoms with van der Waals surface area (Å²) in [4.78, 5) is 0. The maximum Gasteiger partial charge on any atom is 0.109 e. The summed E-state index contributed by atoms with van der Waals surface area (Å²) in [6, 6.07) is 0. The van der Waals surface area contributed by atoms with Gasteiger partial charge in [0.15, 0.2) is 0 Å². The maximum atomic E-state index is 10.6. The Morgan fingerprint density at radius 1 is 1.07 bits per heavy atom. The minimum Gasteiger partial charge on any atom is -0.385 e. The molecule has 0 aromatic rings. The van der Waals surface area contributed by atoms with Crippen LogP contribution in [0.1, 0.15) is 47.0 Å². The highest BCUT2D eigenvalue weighted by molar-refractivity contribution is 5.17. The Labute approximate surface area is 92.0 Å². The molecule has 1 saturated carbocycles. The molecule has 0 radical (unpaired) electrons. The van der Waals surface area contributed by atoms with E-state index >= 15 is 0 Å². The molecule has 3 N–H and O–H groups in total. The second kappa shape index (κ2) is 2.76. The molecule has 1 heterocycles. The van der Waals surface area contributed by atoms with Crippen LogP contribution in [-0.2, 0) is 4.74 Å². The summed E-state index contributed by atoms with van der Waals surface area (Å²) in [5.41, 5.74) is 5.08. The lowest BCUT2D eigenvalue weighted by molar-refractivity contribution is -0.116. The zero-order valence-corrected chi connectivity index (χ0v) is 10.3. The number of rotatable bonds is 1. The third kappa shape index (κ3) is 1.71. The van der Waals surface area contributed by atoms with Crippen LogP contribution in [0.15, 0.2) is 0 Å². The van der Waals surface area contributed by atoms with E-state index < -0.39 is 11.1 Å². The number of hydrogen-bond acceptors (Lipinski definition) is 3. The van der Waals surface area contributed by atoms with E-state index in [0.717, 1.165) is 12.8 Å². The number of hydrogen-bond donors (Lipinski definition) is 2. The summed E-state index contributed by atoms with van der Waals surface area (Å²) in [6.45, 7) is 8.80. The Morgan fingerprint density at radius 3 is 1.93 bits per heavy atom. The molecule has 1 unspecified atom stereocenters. The lowest BCUT2D eigenvalue weighted by Gasteiger charge is -2.57. The Balaban J connectivity index is 2.12. The predicted molar refractivity (Wildman–Crippen MR) is 59.5 cm³/mol. The Kier molecular flexibility index (Phi) is 2.09. The summed E-state index contributed by atoms with van der Waals surface area (Å²) in [6.07, 6.45) is 2.42. The Morgan fingerprint density at radius 2 is 1.60 bits per heavy atom. The monoisotopic (exact) mass is 213 g/mol. The van der Waals surface area contributed by atoms with E-state index in [-0.39, 0.29) is 11.0 Å². The van der Waals surface area contributed by atoms with E-state index in [1.165, 1.54) is 0 Å². The SMILES string of the molecule is CC1(C)CC(N)(C2(O)COC(C)(C)C2)C1. The van der Waals surface area contributed by atoms with Gasteiger partial charge in [-0.25, -0.2) is 0 Å². The van der Waals surface area contributed by atoms with Gasteiger partial charge in [-0.05, 0) is 32.1 Å². The molecule has 88 valence electrons. The van der Waals surface area contributed by atoms with Crippen LogP contribution in [-0.4, -0.2) is 28.5 Å². The number of ether oxygens (including phenoxy) is 1. The molecule has 1 saturated heterocycles. The van der Waals surface area contributed by atoms with Crippen molar-refractivity contribution in [1.29, 1.82) is 0 Å². The van der Waals surface area contributed by atoms with Crippen molar-refractivity contribution in [3.05, 3.63) is 0 Å². The fourth-order valence-electron chi connectivity index (χ4n) is 3.43. The predicted octanol–water partition coefficient (Wildman–Crippen LogP) is 1.43. The standard InChI is InChI=1S/C12H23NO2/c1-9(2)5-11(13,6-9)12(14)7-10(3,4)15-8-12/h14H,5-8,13H2,1-4H3. The van der Waals surface area contributed by atoms with Crippen molar-refractivity contribution in [1.82, 2.24) is 0 Å². The van der Waals surface area contributed by atoms with Gasteiger partial charge >= 0.3 is 0 Å². The summed E-state index contributed by atoms with van der Waals surface area (Å²) >= 11 is 0. The van der Waals surface area contributed by atoms with Crippen LogP contribution < -0.4 is 5.73 Å². The van der Waals surface area contributed by atoms with Gasteiger partial charge in [0.2, 0.25) is 0 Å². The van der Waals surface area contributed by atoms with Crippen LogP contribution in [0, 0.1) is 5.41 Å². The first kappa shape index (κ1) is 11.4. The van der Waals surface area contributed by atoms with E-state index in [0.29, 0.717) is 13.0 Å². The van der Waals surface area contributed by atoms with E-state index in [1.807, 2.05) is 13.8 Å². The molecule has 2 aliphatic rings. The quantitative estimate of drug-likeness (QED) is 0.693. The third-order valence-corrected chi connectivity index (χ3v) is 3.93. The average molecular weight is 213 g/mol. The van der Waals surface area contributed by atoms with Crippen molar-refractivity contribution in [3.8, 4) is 0 Å². The van der Waals surface area contributed by atoms with Gasteiger partial charge in [0.05, 0.1) is 12.2 Å². The van der Waals surface area contributed by atoms with E-state index in [9.17, 15) is 5.11 Å². The minimum absolute atomic E-state index is 0.235. The lowest BCUT2D eigenvalue weighted by atomic mass is 9.53. The second-order valence-corrected chi connectivity index (χ2v) is 6.93. The molecule has 0 bridgehead atoms. The first-order valence-corrected chi connectivity index (χ1v) is 5.73. The highest BCUT2D eigenvalue weighted by atomic mass is 16.5. The molecule has 1 aliphatic heterocycles. The van der Waals surface area contributed by atoms with Gasteiger partial charge in [-0.1, -0.05) is 13.8 Å². The van der Waals surface area contributed by atoms with E-state index in [2.05, 4.69) is 13.8 Å². The number of nitrogens with two attached hydrogens (primary N) is 1. The molecule has 15 heavy (non-hydrogen) atoms. The topological polar surface area (TPSA) is 55.5 Å². The minimum atomic E-state index is -0.827. The van der Waals surface area contributed by atoms with Gasteiger partial charge in [0, 0.05) is 12.0 Å². The zero-order chi connectivity index (χ0) is 11.5. The second-order valence-electron chi connectivity index (χ2n) is 6.93. The molecule has 0 aromatic carbocycles. The maximum absolute atomic E-state index is 10.6. The third-order valence-electron chi connectivity index (χ3n) is 3.93. The van der Waals surface area contributed by atoms with Gasteiger partial charge in [-0.3, -0.25) is 0 Å². The van der Waals surface area contributed by atoms with Gasteiger partial charge in [0.25, 0.3) is 0 Å². The molecule has 3 nitrogen and oxygen atoms in total. The van der Waals surface area contributed by atoms with Crippen molar-refractivity contribution in [3.63, 3.8) is 0 Å². The van der Waals surface area contributed by atoms with E-state index in [1.54, 1.807) is 0 Å². The van der Waals surface area contributed by atoms with Crippen LogP contribution in [0.5, 0.6) is 0 Å². The Hall–Kier alpha value is -0.120. The van der Waals surface area contributed by atoms with Crippen molar-refractivity contribution in [2.24, 2.45) is 11.1 Å². The fourth-order valence-corrected chi connectivity index (χ4v) is 3.43. The molecule has 0 amide bonds. The normalized spacial score (nSPS) is 41.2. The molecule has 3 heteroatoms. The van der Waals surface area contributed by atoms with Crippen LogP contribution >= 0.6 is 0 Å². The first-order chi connectivity index (χ1) is 6.58. The molecular formula is C12H23NO2. The molecular weight excluding hydrogens is 190 g/mol. The molecule has 0 spiro atoms. The van der Waals surface area contributed by atoms with E-state index in [4.69, 9.17) is 10.5 Å².